The first-order valence-corrected chi connectivity index (χ1v) is 7.97. The fourth-order valence-corrected chi connectivity index (χ4v) is 3.68. The molecule has 8 heteroatoms. The molecule has 0 bridgehead atoms. The van der Waals surface area contributed by atoms with Crippen molar-refractivity contribution in [2.45, 2.75) is 25.7 Å². The number of nitrogens with zero attached hydrogens (tertiary/aromatic N) is 2. The summed E-state index contributed by atoms with van der Waals surface area (Å²) in [6.45, 7) is 1.81. The Labute approximate surface area is 115 Å². The molecule has 0 atom stereocenters. The third-order valence-corrected chi connectivity index (χ3v) is 5.45. The Bertz CT molecular complexity index is 391. The van der Waals surface area contributed by atoms with E-state index in [-0.39, 0.29) is 11.8 Å². The molecule has 0 radical (unpaired) electrons. The highest BCUT2D eigenvalue weighted by atomic mass is 32.2. The smallest absolute Gasteiger partial charge is 0.281 e. The van der Waals surface area contributed by atoms with E-state index in [0.717, 1.165) is 0 Å². The third-order valence-electron chi connectivity index (χ3n) is 3.46. The molecule has 0 aromatic carbocycles. The van der Waals surface area contributed by atoms with Gasteiger partial charge in [0.25, 0.3) is 10.2 Å². The van der Waals surface area contributed by atoms with Crippen LogP contribution < -0.4 is 11.5 Å². The van der Waals surface area contributed by atoms with Crippen molar-refractivity contribution in [3.63, 3.8) is 0 Å². The van der Waals surface area contributed by atoms with Gasteiger partial charge in [0.15, 0.2) is 0 Å². The lowest BCUT2D eigenvalue weighted by atomic mass is 9.94. The Balaban J connectivity index is 2.51. The predicted molar refractivity (Wildman–Crippen MR) is 73.3 cm³/mol. The largest absolute Gasteiger partial charge is 0.370 e. The van der Waals surface area contributed by atoms with Crippen molar-refractivity contribution in [2.24, 2.45) is 17.4 Å². The van der Waals surface area contributed by atoms with Gasteiger partial charge in [0, 0.05) is 33.1 Å². The molecule has 0 saturated carbocycles. The molecule has 112 valence electrons. The van der Waals surface area contributed by atoms with Crippen molar-refractivity contribution in [3.8, 4) is 0 Å². The van der Waals surface area contributed by atoms with E-state index in [0.29, 0.717) is 51.9 Å². The average molecular weight is 292 g/mol. The van der Waals surface area contributed by atoms with E-state index in [9.17, 15) is 13.2 Å². The average Bonchev–Trinajstić information content (AvgIpc) is 2.35. The lowest BCUT2D eigenvalue weighted by molar-refractivity contribution is -0.119. The van der Waals surface area contributed by atoms with Gasteiger partial charge in [-0.1, -0.05) is 0 Å². The van der Waals surface area contributed by atoms with Crippen LogP contribution in [-0.4, -0.2) is 56.2 Å². The van der Waals surface area contributed by atoms with Crippen LogP contribution in [0, 0.1) is 5.92 Å². The summed E-state index contributed by atoms with van der Waals surface area (Å²) in [5, 5.41) is 0. The molecule has 1 aliphatic rings. The maximum atomic E-state index is 12.2. The van der Waals surface area contributed by atoms with Crippen molar-refractivity contribution in [3.05, 3.63) is 0 Å². The Morgan fingerprint density at radius 3 is 2.42 bits per heavy atom. The van der Waals surface area contributed by atoms with Crippen molar-refractivity contribution >= 4 is 16.1 Å². The molecule has 1 rings (SSSR count). The summed E-state index contributed by atoms with van der Waals surface area (Å²) in [7, 11) is -1.82. The molecule has 7 nitrogen and oxygen atoms in total. The number of carbonyl (C=O) groups is 1. The molecule has 0 aromatic rings. The summed E-state index contributed by atoms with van der Waals surface area (Å²) in [4.78, 5) is 10.8. The molecular formula is C11H24N4O3S. The number of primary amides is 1. The highest BCUT2D eigenvalue weighted by molar-refractivity contribution is 7.86. The van der Waals surface area contributed by atoms with Gasteiger partial charge in [-0.2, -0.15) is 17.0 Å². The lowest BCUT2D eigenvalue weighted by Crippen LogP contribution is -2.46. The lowest BCUT2D eigenvalue weighted by Gasteiger charge is -2.33. The summed E-state index contributed by atoms with van der Waals surface area (Å²) < 4.78 is 27.3. The Morgan fingerprint density at radius 2 is 1.95 bits per heavy atom. The highest BCUT2D eigenvalue weighted by Gasteiger charge is 2.31. The van der Waals surface area contributed by atoms with Gasteiger partial charge < -0.3 is 11.5 Å². The van der Waals surface area contributed by atoms with Gasteiger partial charge >= 0.3 is 0 Å². The van der Waals surface area contributed by atoms with Gasteiger partial charge in [0.05, 0.1) is 0 Å². The van der Waals surface area contributed by atoms with Crippen LogP contribution in [0.15, 0.2) is 0 Å². The topological polar surface area (TPSA) is 110 Å². The number of amides is 1. The minimum atomic E-state index is -3.39. The maximum Gasteiger partial charge on any atom is 0.281 e. The van der Waals surface area contributed by atoms with E-state index < -0.39 is 10.2 Å². The standard InChI is InChI=1S/C11H24N4O3S/c1-14(6-2-5-12)19(17,18)15-7-3-10(4-8-15)9-11(13)16/h10H,2-9,12H2,1H3,(H2,13,16). The molecule has 0 aromatic heterocycles. The van der Waals surface area contributed by atoms with Crippen LogP contribution in [0.25, 0.3) is 0 Å². The van der Waals surface area contributed by atoms with Gasteiger partial charge in [0.2, 0.25) is 5.91 Å². The summed E-state index contributed by atoms with van der Waals surface area (Å²) in [6, 6.07) is 0. The van der Waals surface area contributed by atoms with Gasteiger partial charge in [-0.3, -0.25) is 4.79 Å². The van der Waals surface area contributed by atoms with Crippen molar-refractivity contribution in [2.75, 3.05) is 33.2 Å². The van der Waals surface area contributed by atoms with Crippen LogP contribution in [0.4, 0.5) is 0 Å². The molecular weight excluding hydrogens is 268 g/mol. The monoisotopic (exact) mass is 292 g/mol. The fourth-order valence-electron chi connectivity index (χ4n) is 2.26. The van der Waals surface area contributed by atoms with Crippen LogP contribution in [0.3, 0.4) is 0 Å². The zero-order valence-corrected chi connectivity index (χ0v) is 12.2. The van der Waals surface area contributed by atoms with Gasteiger partial charge in [-0.25, -0.2) is 0 Å². The van der Waals surface area contributed by atoms with Crippen molar-refractivity contribution < 1.29 is 13.2 Å². The summed E-state index contributed by atoms with van der Waals surface area (Å²) in [5.41, 5.74) is 10.5. The molecule has 1 amide bonds. The Hall–Kier alpha value is -0.700. The number of hydrogen-bond donors (Lipinski definition) is 2. The zero-order valence-electron chi connectivity index (χ0n) is 11.4. The zero-order chi connectivity index (χ0) is 14.5. The second kappa shape index (κ2) is 7.18. The highest BCUT2D eigenvalue weighted by Crippen LogP contribution is 2.23. The van der Waals surface area contributed by atoms with Crippen LogP contribution in [0.2, 0.25) is 0 Å². The number of rotatable bonds is 7. The summed E-state index contributed by atoms with van der Waals surface area (Å²) in [6.07, 6.45) is 2.37. The predicted octanol–water partition coefficient (Wildman–Crippen LogP) is -0.901. The molecule has 0 aliphatic carbocycles. The van der Waals surface area contributed by atoms with E-state index in [1.54, 1.807) is 7.05 Å². The fraction of sp³-hybridized carbons (Fsp3) is 0.909. The van der Waals surface area contributed by atoms with Crippen LogP contribution in [0.1, 0.15) is 25.7 Å². The SMILES string of the molecule is CN(CCCN)S(=O)(=O)N1CCC(CC(N)=O)CC1. The van der Waals surface area contributed by atoms with E-state index in [4.69, 9.17) is 11.5 Å². The van der Waals surface area contributed by atoms with E-state index in [1.165, 1.54) is 8.61 Å². The van der Waals surface area contributed by atoms with Crippen molar-refractivity contribution in [1.29, 1.82) is 0 Å². The molecule has 0 spiro atoms. The summed E-state index contributed by atoms with van der Waals surface area (Å²) >= 11 is 0. The molecule has 1 aliphatic heterocycles. The Morgan fingerprint density at radius 1 is 1.37 bits per heavy atom. The van der Waals surface area contributed by atoms with Gasteiger partial charge in [0.1, 0.15) is 0 Å². The van der Waals surface area contributed by atoms with Gasteiger partial charge in [-0.05, 0) is 31.7 Å². The van der Waals surface area contributed by atoms with E-state index in [2.05, 4.69) is 0 Å². The molecule has 4 N–H and O–H groups in total. The number of nitrogens with two attached hydrogens (primary N) is 2. The van der Waals surface area contributed by atoms with Crippen LogP contribution in [0.5, 0.6) is 0 Å². The minimum absolute atomic E-state index is 0.207. The molecule has 1 saturated heterocycles. The first-order chi connectivity index (χ1) is 8.87. The minimum Gasteiger partial charge on any atom is -0.370 e. The summed E-state index contributed by atoms with van der Waals surface area (Å²) in [5.74, 6) is -0.111. The third kappa shape index (κ3) is 4.72. The number of hydrogen-bond acceptors (Lipinski definition) is 4. The second-order valence-corrected chi connectivity index (χ2v) is 7.02. The van der Waals surface area contributed by atoms with E-state index in [1.807, 2.05) is 0 Å². The first-order valence-electron chi connectivity index (χ1n) is 6.57. The van der Waals surface area contributed by atoms with Crippen molar-refractivity contribution in [1.82, 2.24) is 8.61 Å². The quantitative estimate of drug-likeness (QED) is 0.633. The molecule has 0 unspecified atom stereocenters. The van der Waals surface area contributed by atoms with E-state index >= 15 is 0 Å². The Kier molecular flexibility index (Phi) is 6.18. The first kappa shape index (κ1) is 16.4. The van der Waals surface area contributed by atoms with Gasteiger partial charge in [-0.15, -0.1) is 0 Å². The second-order valence-electron chi connectivity index (χ2n) is 4.98. The van der Waals surface area contributed by atoms with Crippen LogP contribution in [-0.2, 0) is 15.0 Å². The maximum absolute atomic E-state index is 12.2. The normalized spacial score (nSPS) is 18.9. The number of piperidine rings is 1. The molecule has 19 heavy (non-hydrogen) atoms. The van der Waals surface area contributed by atoms with Crippen LogP contribution >= 0.6 is 0 Å². The number of carbonyl (C=O) groups excluding carboxylic acids is 1. The molecule has 1 fully saturated rings. The molecule has 1 heterocycles.